The predicted molar refractivity (Wildman–Crippen MR) is 159 cm³/mol. The third-order valence-electron chi connectivity index (χ3n) is 7.75. The summed E-state index contributed by atoms with van der Waals surface area (Å²) in [6.07, 6.45) is 1.58. The zero-order valence-corrected chi connectivity index (χ0v) is 24.7. The van der Waals surface area contributed by atoms with E-state index in [0.29, 0.717) is 18.5 Å². The van der Waals surface area contributed by atoms with Crippen molar-refractivity contribution in [1.82, 2.24) is 20.1 Å². The van der Waals surface area contributed by atoms with Gasteiger partial charge in [-0.25, -0.2) is 4.98 Å². The summed E-state index contributed by atoms with van der Waals surface area (Å²) in [4.78, 5) is 45.5. The molecule has 41 heavy (non-hydrogen) atoms. The summed E-state index contributed by atoms with van der Waals surface area (Å²) in [5.74, 6) is 3.12. The van der Waals surface area contributed by atoms with E-state index < -0.39 is 20.0 Å². The SMILES string of the molecule is C[Si](C)(C)C#Cc1ccc2cc(CN3CC[C@H](Oc4ccc5c(c4)CN(C4CCC(=O)NC4=O)C5=O)C3)ccc2n1. The number of carbonyl (C=O) groups is 3. The molecule has 2 aromatic carbocycles. The van der Waals surface area contributed by atoms with Crippen LogP contribution in [0.3, 0.4) is 0 Å². The van der Waals surface area contributed by atoms with Gasteiger partial charge in [0.25, 0.3) is 5.91 Å². The lowest BCUT2D eigenvalue weighted by molar-refractivity contribution is -0.136. The second-order valence-electron chi connectivity index (χ2n) is 12.2. The lowest BCUT2D eigenvalue weighted by Gasteiger charge is -2.29. The second kappa shape index (κ2) is 10.8. The number of imide groups is 1. The van der Waals surface area contributed by atoms with Crippen LogP contribution in [-0.4, -0.2) is 65.8 Å². The Morgan fingerprint density at radius 3 is 2.71 bits per heavy atom. The van der Waals surface area contributed by atoms with Crippen molar-refractivity contribution < 1.29 is 19.1 Å². The van der Waals surface area contributed by atoms with Gasteiger partial charge in [0.2, 0.25) is 11.8 Å². The number of likely N-dealkylation sites (tertiary alicyclic amines) is 1. The number of nitrogens with one attached hydrogen (secondary N) is 1. The van der Waals surface area contributed by atoms with E-state index in [-0.39, 0.29) is 24.3 Å². The lowest BCUT2D eigenvalue weighted by Crippen LogP contribution is -2.52. The zero-order chi connectivity index (χ0) is 28.7. The van der Waals surface area contributed by atoms with E-state index in [9.17, 15) is 14.4 Å². The van der Waals surface area contributed by atoms with Gasteiger partial charge in [0.15, 0.2) is 0 Å². The molecule has 0 radical (unpaired) electrons. The summed E-state index contributed by atoms with van der Waals surface area (Å²) in [6, 6.07) is 15.5. The molecule has 3 aliphatic rings. The average molecular weight is 567 g/mol. The molecule has 0 spiro atoms. The van der Waals surface area contributed by atoms with Crippen molar-refractivity contribution in [2.45, 2.75) is 64.1 Å². The Kier molecular flexibility index (Phi) is 7.14. The van der Waals surface area contributed by atoms with Crippen molar-refractivity contribution in [1.29, 1.82) is 0 Å². The molecule has 2 saturated heterocycles. The van der Waals surface area contributed by atoms with Crippen LogP contribution in [0.5, 0.6) is 5.75 Å². The minimum Gasteiger partial charge on any atom is -0.489 e. The van der Waals surface area contributed by atoms with Gasteiger partial charge in [-0.1, -0.05) is 31.6 Å². The highest BCUT2D eigenvalue weighted by molar-refractivity contribution is 6.83. The van der Waals surface area contributed by atoms with Crippen LogP contribution in [-0.2, 0) is 22.7 Å². The Balaban J connectivity index is 1.06. The minimum absolute atomic E-state index is 0.0611. The second-order valence-corrected chi connectivity index (χ2v) is 17.0. The standard InChI is InChI=1S/C32H34N4O4Si/c1-41(2,3)15-13-24-6-5-22-16-21(4-9-28(22)33-24)18-35-14-12-26(20-35)40-25-7-8-27-23(17-25)19-36(32(27)39)29-10-11-30(37)34-31(29)38/h4-9,16-17,26,29H,10-12,14,18-20H2,1-3H3,(H,34,37,38)/t26-,29?/m0/s1. The number of nitrogens with zero attached hydrogens (tertiary/aromatic N) is 3. The van der Waals surface area contributed by atoms with Crippen molar-refractivity contribution in [3.05, 3.63) is 70.9 Å². The van der Waals surface area contributed by atoms with Crippen LogP contribution >= 0.6 is 0 Å². The van der Waals surface area contributed by atoms with E-state index in [4.69, 9.17) is 9.72 Å². The molecule has 1 unspecified atom stereocenters. The first-order valence-electron chi connectivity index (χ1n) is 14.2. The Hall–Kier alpha value is -4.00. The van der Waals surface area contributed by atoms with Crippen LogP contribution in [0.25, 0.3) is 10.9 Å². The van der Waals surface area contributed by atoms with Crippen LogP contribution in [0, 0.1) is 11.5 Å². The first-order valence-corrected chi connectivity index (χ1v) is 17.7. The fourth-order valence-electron chi connectivity index (χ4n) is 5.71. The number of carbonyl (C=O) groups excluding carboxylic acids is 3. The normalized spacial score (nSPS) is 21.0. The Morgan fingerprint density at radius 1 is 1.05 bits per heavy atom. The fourth-order valence-corrected chi connectivity index (χ4v) is 6.21. The van der Waals surface area contributed by atoms with Gasteiger partial charge < -0.3 is 9.64 Å². The molecule has 3 aromatic rings. The minimum atomic E-state index is -1.44. The molecule has 1 aromatic heterocycles. The average Bonchev–Trinajstić information content (AvgIpc) is 3.50. The molecule has 3 amide bonds. The van der Waals surface area contributed by atoms with Crippen LogP contribution in [0.15, 0.2) is 48.5 Å². The summed E-state index contributed by atoms with van der Waals surface area (Å²) in [5.41, 5.74) is 7.86. The van der Waals surface area contributed by atoms with Gasteiger partial charge in [-0.2, -0.15) is 0 Å². The largest absolute Gasteiger partial charge is 0.489 e. The smallest absolute Gasteiger partial charge is 0.255 e. The van der Waals surface area contributed by atoms with E-state index >= 15 is 0 Å². The molecular formula is C32H34N4O4Si. The number of fused-ring (bicyclic) bond motifs is 2. The van der Waals surface area contributed by atoms with Crippen LogP contribution in [0.2, 0.25) is 19.6 Å². The molecule has 6 rings (SSSR count). The molecule has 8 nitrogen and oxygen atoms in total. The first-order chi connectivity index (χ1) is 19.6. The highest BCUT2D eigenvalue weighted by Crippen LogP contribution is 2.31. The number of hydrogen-bond acceptors (Lipinski definition) is 6. The molecule has 3 aliphatic heterocycles. The van der Waals surface area contributed by atoms with Gasteiger partial charge >= 0.3 is 0 Å². The van der Waals surface area contributed by atoms with E-state index in [1.807, 2.05) is 18.2 Å². The van der Waals surface area contributed by atoms with Crippen LogP contribution in [0.1, 0.15) is 46.4 Å². The zero-order valence-electron chi connectivity index (χ0n) is 23.7. The van der Waals surface area contributed by atoms with Gasteiger partial charge in [-0.15, -0.1) is 5.54 Å². The summed E-state index contributed by atoms with van der Waals surface area (Å²) < 4.78 is 6.33. The third kappa shape index (κ3) is 6.04. The summed E-state index contributed by atoms with van der Waals surface area (Å²) in [6.45, 7) is 9.64. The number of amides is 3. The van der Waals surface area contributed by atoms with Gasteiger partial charge in [-0.3, -0.25) is 24.6 Å². The summed E-state index contributed by atoms with van der Waals surface area (Å²) >= 11 is 0. The maximum Gasteiger partial charge on any atom is 0.255 e. The van der Waals surface area contributed by atoms with Crippen LogP contribution < -0.4 is 10.1 Å². The van der Waals surface area contributed by atoms with E-state index in [1.54, 1.807) is 11.0 Å². The highest BCUT2D eigenvalue weighted by Gasteiger charge is 2.39. The number of piperidine rings is 1. The van der Waals surface area contributed by atoms with Gasteiger partial charge in [-0.05, 0) is 66.4 Å². The number of benzene rings is 2. The maximum atomic E-state index is 13.0. The quantitative estimate of drug-likeness (QED) is 0.286. The van der Waals surface area contributed by atoms with Crippen molar-refractivity contribution in [3.63, 3.8) is 0 Å². The Labute approximate surface area is 241 Å². The monoisotopic (exact) mass is 566 g/mol. The molecule has 0 aliphatic carbocycles. The van der Waals surface area contributed by atoms with Gasteiger partial charge in [0.05, 0.1) is 5.52 Å². The number of ether oxygens (including phenoxy) is 1. The van der Waals surface area contributed by atoms with E-state index in [1.165, 1.54) is 5.56 Å². The van der Waals surface area contributed by atoms with E-state index in [2.05, 4.69) is 65.6 Å². The molecule has 210 valence electrons. The van der Waals surface area contributed by atoms with Crippen molar-refractivity contribution in [2.24, 2.45) is 0 Å². The van der Waals surface area contributed by atoms with Gasteiger partial charge in [0, 0.05) is 43.5 Å². The molecule has 9 heteroatoms. The number of hydrogen-bond donors (Lipinski definition) is 1. The van der Waals surface area contributed by atoms with Crippen molar-refractivity contribution in [2.75, 3.05) is 13.1 Å². The molecule has 0 bridgehead atoms. The Morgan fingerprint density at radius 2 is 1.90 bits per heavy atom. The van der Waals surface area contributed by atoms with Gasteiger partial charge in [0.1, 0.15) is 31.7 Å². The van der Waals surface area contributed by atoms with Crippen LogP contribution in [0.4, 0.5) is 0 Å². The third-order valence-corrected chi connectivity index (χ3v) is 8.63. The number of pyridine rings is 1. The fraction of sp³-hybridized carbons (Fsp3) is 0.375. The molecule has 4 heterocycles. The summed E-state index contributed by atoms with van der Waals surface area (Å²) in [5, 5.41) is 3.46. The maximum absolute atomic E-state index is 13.0. The summed E-state index contributed by atoms with van der Waals surface area (Å²) in [7, 11) is -1.44. The Bertz CT molecular complexity index is 1620. The van der Waals surface area contributed by atoms with Crippen molar-refractivity contribution in [3.8, 4) is 17.2 Å². The lowest BCUT2D eigenvalue weighted by atomic mass is 10.0. The van der Waals surface area contributed by atoms with E-state index in [0.717, 1.165) is 54.0 Å². The number of aromatic nitrogens is 1. The highest BCUT2D eigenvalue weighted by atomic mass is 28.3. The molecule has 2 atom stereocenters. The van der Waals surface area contributed by atoms with Crippen molar-refractivity contribution >= 4 is 36.7 Å². The number of rotatable bonds is 5. The molecule has 1 N–H and O–H groups in total. The molecule has 0 saturated carbocycles. The molecule has 2 fully saturated rings. The topological polar surface area (TPSA) is 91.8 Å². The molecular weight excluding hydrogens is 532 g/mol. The predicted octanol–water partition coefficient (Wildman–Crippen LogP) is 3.88. The first kappa shape index (κ1) is 27.2.